The molecule has 0 radical (unpaired) electrons. The summed E-state index contributed by atoms with van der Waals surface area (Å²) in [4.78, 5) is 8.98. The SMILES string of the molecule is CCCc1nc(NC)cc(NCC2CCCCO2)n1. The summed E-state index contributed by atoms with van der Waals surface area (Å²) in [6, 6.07) is 1.95. The lowest BCUT2D eigenvalue weighted by Crippen LogP contribution is -2.27. The van der Waals surface area contributed by atoms with Crippen molar-refractivity contribution in [1.82, 2.24) is 9.97 Å². The van der Waals surface area contributed by atoms with Crippen molar-refractivity contribution >= 4 is 11.6 Å². The van der Waals surface area contributed by atoms with E-state index in [0.717, 1.165) is 49.9 Å². The molecule has 1 atom stereocenters. The van der Waals surface area contributed by atoms with Crippen LogP contribution >= 0.6 is 0 Å². The van der Waals surface area contributed by atoms with Crippen LogP contribution < -0.4 is 10.6 Å². The van der Waals surface area contributed by atoms with Gasteiger partial charge in [-0.1, -0.05) is 6.92 Å². The third-order valence-corrected chi connectivity index (χ3v) is 3.29. The minimum absolute atomic E-state index is 0.316. The summed E-state index contributed by atoms with van der Waals surface area (Å²) in [5.41, 5.74) is 0. The fraction of sp³-hybridized carbons (Fsp3) is 0.714. The standard InChI is InChI=1S/C14H24N4O/c1-3-6-12-17-13(15-2)9-14(18-12)16-10-11-7-4-5-8-19-11/h9,11H,3-8,10H2,1-2H3,(H2,15,16,17,18). The van der Waals surface area contributed by atoms with Gasteiger partial charge in [0.05, 0.1) is 6.10 Å². The summed E-state index contributed by atoms with van der Waals surface area (Å²) in [6.45, 7) is 3.85. The molecule has 1 aliphatic rings. The predicted molar refractivity (Wildman–Crippen MR) is 77.7 cm³/mol. The zero-order valence-electron chi connectivity index (χ0n) is 11.9. The van der Waals surface area contributed by atoms with Crippen molar-refractivity contribution in [2.45, 2.75) is 45.1 Å². The molecule has 1 unspecified atom stereocenters. The Labute approximate surface area is 115 Å². The second-order valence-corrected chi connectivity index (χ2v) is 4.92. The van der Waals surface area contributed by atoms with Crippen LogP contribution in [0.3, 0.4) is 0 Å². The van der Waals surface area contributed by atoms with Crippen molar-refractivity contribution in [2.24, 2.45) is 0 Å². The van der Waals surface area contributed by atoms with Gasteiger partial charge >= 0.3 is 0 Å². The van der Waals surface area contributed by atoms with Gasteiger partial charge in [-0.3, -0.25) is 0 Å². The normalized spacial score (nSPS) is 19.2. The number of hydrogen-bond donors (Lipinski definition) is 2. The summed E-state index contributed by atoms with van der Waals surface area (Å²) in [6.07, 6.45) is 5.87. The van der Waals surface area contributed by atoms with Crippen LogP contribution in [0.25, 0.3) is 0 Å². The Balaban J connectivity index is 1.95. The van der Waals surface area contributed by atoms with E-state index in [1.54, 1.807) is 0 Å². The molecule has 5 nitrogen and oxygen atoms in total. The predicted octanol–water partition coefficient (Wildman–Crippen LogP) is 2.45. The number of nitrogens with zero attached hydrogens (tertiary/aromatic N) is 2. The van der Waals surface area contributed by atoms with Gasteiger partial charge in [-0.25, -0.2) is 9.97 Å². The molecule has 0 amide bonds. The molecule has 1 saturated heterocycles. The average molecular weight is 264 g/mol. The highest BCUT2D eigenvalue weighted by atomic mass is 16.5. The van der Waals surface area contributed by atoms with E-state index in [0.29, 0.717) is 6.10 Å². The summed E-state index contributed by atoms with van der Waals surface area (Å²) in [7, 11) is 1.88. The van der Waals surface area contributed by atoms with E-state index in [-0.39, 0.29) is 0 Å². The number of hydrogen-bond acceptors (Lipinski definition) is 5. The minimum Gasteiger partial charge on any atom is -0.376 e. The fourth-order valence-electron chi connectivity index (χ4n) is 2.24. The first-order chi connectivity index (χ1) is 9.31. The average Bonchev–Trinajstić information content (AvgIpc) is 2.46. The van der Waals surface area contributed by atoms with Gasteiger partial charge in [-0.15, -0.1) is 0 Å². The molecular formula is C14H24N4O. The van der Waals surface area contributed by atoms with Crippen LogP contribution in [0.4, 0.5) is 11.6 Å². The van der Waals surface area contributed by atoms with Crippen molar-refractivity contribution < 1.29 is 4.74 Å². The Kier molecular flexibility index (Phi) is 5.39. The minimum atomic E-state index is 0.316. The van der Waals surface area contributed by atoms with Crippen molar-refractivity contribution in [3.05, 3.63) is 11.9 Å². The molecule has 2 heterocycles. The smallest absolute Gasteiger partial charge is 0.133 e. The molecule has 0 spiro atoms. The third-order valence-electron chi connectivity index (χ3n) is 3.29. The zero-order chi connectivity index (χ0) is 13.5. The Bertz CT molecular complexity index is 391. The molecule has 5 heteroatoms. The van der Waals surface area contributed by atoms with E-state index >= 15 is 0 Å². The van der Waals surface area contributed by atoms with E-state index in [4.69, 9.17) is 4.74 Å². The maximum Gasteiger partial charge on any atom is 0.133 e. The molecule has 1 fully saturated rings. The lowest BCUT2D eigenvalue weighted by Gasteiger charge is -2.23. The van der Waals surface area contributed by atoms with Crippen LogP contribution in [0.1, 0.15) is 38.4 Å². The molecule has 0 bridgehead atoms. The maximum absolute atomic E-state index is 5.71. The Morgan fingerprint density at radius 1 is 1.32 bits per heavy atom. The second kappa shape index (κ2) is 7.28. The summed E-state index contributed by atoms with van der Waals surface area (Å²) in [5, 5.41) is 6.45. The van der Waals surface area contributed by atoms with Gasteiger partial charge in [0, 0.05) is 32.7 Å². The molecule has 19 heavy (non-hydrogen) atoms. The van der Waals surface area contributed by atoms with Crippen LogP contribution in [0, 0.1) is 0 Å². The molecular weight excluding hydrogens is 240 g/mol. The lowest BCUT2D eigenvalue weighted by molar-refractivity contribution is 0.0247. The van der Waals surface area contributed by atoms with Crippen molar-refractivity contribution in [3.8, 4) is 0 Å². The van der Waals surface area contributed by atoms with E-state index < -0.39 is 0 Å². The number of rotatable bonds is 6. The maximum atomic E-state index is 5.71. The highest BCUT2D eigenvalue weighted by Crippen LogP contribution is 2.15. The molecule has 2 rings (SSSR count). The van der Waals surface area contributed by atoms with E-state index in [2.05, 4.69) is 27.5 Å². The number of nitrogens with one attached hydrogen (secondary N) is 2. The van der Waals surface area contributed by atoms with Crippen LogP contribution in [0.5, 0.6) is 0 Å². The van der Waals surface area contributed by atoms with Crippen LogP contribution in [0.15, 0.2) is 6.07 Å². The van der Waals surface area contributed by atoms with Gasteiger partial charge in [0.25, 0.3) is 0 Å². The topological polar surface area (TPSA) is 59.1 Å². The van der Waals surface area contributed by atoms with E-state index in [9.17, 15) is 0 Å². The Morgan fingerprint density at radius 2 is 2.16 bits per heavy atom. The first kappa shape index (κ1) is 14.1. The van der Waals surface area contributed by atoms with Gasteiger partial charge in [0.1, 0.15) is 17.5 Å². The number of aromatic nitrogens is 2. The largest absolute Gasteiger partial charge is 0.376 e. The summed E-state index contributed by atoms with van der Waals surface area (Å²) in [5.74, 6) is 2.64. The molecule has 1 aromatic rings. The zero-order valence-corrected chi connectivity index (χ0v) is 11.9. The fourth-order valence-corrected chi connectivity index (χ4v) is 2.24. The number of anilines is 2. The third kappa shape index (κ3) is 4.35. The Hall–Kier alpha value is -1.36. The Morgan fingerprint density at radius 3 is 2.84 bits per heavy atom. The first-order valence-electron chi connectivity index (χ1n) is 7.23. The highest BCUT2D eigenvalue weighted by molar-refractivity contribution is 5.47. The lowest BCUT2D eigenvalue weighted by atomic mass is 10.1. The molecule has 106 valence electrons. The molecule has 0 aromatic carbocycles. The monoisotopic (exact) mass is 264 g/mol. The summed E-state index contributed by atoms with van der Waals surface area (Å²) >= 11 is 0. The second-order valence-electron chi connectivity index (χ2n) is 4.92. The number of ether oxygens (including phenoxy) is 1. The molecule has 0 aliphatic carbocycles. The highest BCUT2D eigenvalue weighted by Gasteiger charge is 2.13. The van der Waals surface area contributed by atoms with E-state index in [1.807, 2.05) is 13.1 Å². The van der Waals surface area contributed by atoms with Gasteiger partial charge < -0.3 is 15.4 Å². The van der Waals surface area contributed by atoms with Gasteiger partial charge in [-0.05, 0) is 25.7 Å². The van der Waals surface area contributed by atoms with Crippen molar-refractivity contribution in [2.75, 3.05) is 30.8 Å². The van der Waals surface area contributed by atoms with Crippen molar-refractivity contribution in [1.29, 1.82) is 0 Å². The molecule has 1 aromatic heterocycles. The molecule has 2 N–H and O–H groups in total. The summed E-state index contributed by atoms with van der Waals surface area (Å²) < 4.78 is 5.71. The van der Waals surface area contributed by atoms with Gasteiger partial charge in [0.15, 0.2) is 0 Å². The van der Waals surface area contributed by atoms with Crippen LogP contribution in [-0.2, 0) is 11.2 Å². The quantitative estimate of drug-likeness (QED) is 0.826. The molecule has 0 saturated carbocycles. The van der Waals surface area contributed by atoms with Gasteiger partial charge in [0.2, 0.25) is 0 Å². The van der Waals surface area contributed by atoms with Gasteiger partial charge in [-0.2, -0.15) is 0 Å². The van der Waals surface area contributed by atoms with Crippen LogP contribution in [-0.4, -0.2) is 36.3 Å². The first-order valence-corrected chi connectivity index (χ1v) is 7.23. The molecule has 1 aliphatic heterocycles. The van der Waals surface area contributed by atoms with Crippen molar-refractivity contribution in [3.63, 3.8) is 0 Å². The number of aryl methyl sites for hydroxylation is 1. The van der Waals surface area contributed by atoms with E-state index in [1.165, 1.54) is 12.8 Å². The van der Waals surface area contributed by atoms with Crippen LogP contribution in [0.2, 0.25) is 0 Å².